The second-order valence-corrected chi connectivity index (χ2v) is 8.68. The molecule has 1 heteroatoms. The standard InChI is InChI=1S/C28H49N/c1-3-5-7-9-11-13-15-17-19-21-23-27-25-26-29-28(27)24-22-20-18-16-14-12-10-8-6-4-2/h21-26,29H,3-20H2,1-2H3. The van der Waals surface area contributed by atoms with Crippen molar-refractivity contribution in [2.24, 2.45) is 0 Å². The Morgan fingerprint density at radius 1 is 0.586 bits per heavy atom. The Morgan fingerprint density at radius 3 is 1.55 bits per heavy atom. The van der Waals surface area contributed by atoms with E-state index in [1.807, 2.05) is 0 Å². The lowest BCUT2D eigenvalue weighted by Crippen LogP contribution is -1.81. The van der Waals surface area contributed by atoms with Crippen LogP contribution in [-0.4, -0.2) is 4.98 Å². The Bertz CT molecular complexity index is 464. The average Bonchev–Trinajstić information content (AvgIpc) is 3.18. The lowest BCUT2D eigenvalue weighted by molar-refractivity contribution is 0.578. The molecule has 1 aromatic heterocycles. The molecule has 1 heterocycles. The highest BCUT2D eigenvalue weighted by molar-refractivity contribution is 5.62. The highest BCUT2D eigenvalue weighted by Gasteiger charge is 1.96. The summed E-state index contributed by atoms with van der Waals surface area (Å²) < 4.78 is 0. The maximum atomic E-state index is 3.38. The predicted molar refractivity (Wildman–Crippen MR) is 133 cm³/mol. The number of unbranched alkanes of at least 4 members (excludes halogenated alkanes) is 16. The molecule has 0 amide bonds. The Kier molecular flexibility index (Phi) is 17.8. The number of nitrogens with one attached hydrogen (secondary N) is 1. The molecule has 0 unspecified atom stereocenters. The summed E-state index contributed by atoms with van der Waals surface area (Å²) in [6.45, 7) is 4.57. The van der Waals surface area contributed by atoms with E-state index in [2.05, 4.69) is 55.4 Å². The summed E-state index contributed by atoms with van der Waals surface area (Å²) in [7, 11) is 0. The third-order valence-corrected chi connectivity index (χ3v) is 5.84. The fraction of sp³-hybridized carbons (Fsp3) is 0.714. The van der Waals surface area contributed by atoms with Crippen molar-refractivity contribution < 1.29 is 0 Å². The summed E-state index contributed by atoms with van der Waals surface area (Å²) in [4.78, 5) is 3.38. The number of hydrogen-bond acceptors (Lipinski definition) is 0. The van der Waals surface area contributed by atoms with Crippen LogP contribution in [0.4, 0.5) is 0 Å². The molecule has 0 aliphatic carbocycles. The van der Waals surface area contributed by atoms with E-state index in [4.69, 9.17) is 0 Å². The zero-order chi connectivity index (χ0) is 20.8. The van der Waals surface area contributed by atoms with Gasteiger partial charge in [0.1, 0.15) is 0 Å². The summed E-state index contributed by atoms with van der Waals surface area (Å²) in [6, 6.07) is 2.19. The molecule has 1 N–H and O–H groups in total. The Labute approximate surface area is 182 Å². The van der Waals surface area contributed by atoms with E-state index in [-0.39, 0.29) is 0 Å². The molecule has 0 atom stereocenters. The maximum Gasteiger partial charge on any atom is 0.0450 e. The molecule has 0 fully saturated rings. The first-order chi connectivity index (χ1) is 14.4. The number of rotatable bonds is 20. The van der Waals surface area contributed by atoms with Crippen LogP contribution in [0.1, 0.15) is 141 Å². The van der Waals surface area contributed by atoms with Gasteiger partial charge in [0.15, 0.2) is 0 Å². The largest absolute Gasteiger partial charge is 0.361 e. The molecule has 29 heavy (non-hydrogen) atoms. The van der Waals surface area contributed by atoms with Crippen molar-refractivity contribution >= 4 is 12.2 Å². The summed E-state index contributed by atoms with van der Waals surface area (Å²) >= 11 is 0. The van der Waals surface area contributed by atoms with Crippen LogP contribution < -0.4 is 0 Å². The fourth-order valence-corrected chi connectivity index (χ4v) is 3.89. The maximum absolute atomic E-state index is 3.38. The lowest BCUT2D eigenvalue weighted by atomic mass is 10.1. The first kappa shape index (κ1) is 25.8. The molecule has 1 rings (SSSR count). The smallest absolute Gasteiger partial charge is 0.0450 e. The van der Waals surface area contributed by atoms with Crippen LogP contribution in [-0.2, 0) is 0 Å². The first-order valence-electron chi connectivity index (χ1n) is 12.9. The monoisotopic (exact) mass is 399 g/mol. The second kappa shape index (κ2) is 20.0. The third kappa shape index (κ3) is 15.3. The Morgan fingerprint density at radius 2 is 1.03 bits per heavy atom. The van der Waals surface area contributed by atoms with Gasteiger partial charge in [-0.3, -0.25) is 0 Å². The SMILES string of the molecule is CCCCCCCCCCC=Cc1cc[nH]c1C=CCCCCCCCCCC. The van der Waals surface area contributed by atoms with Gasteiger partial charge in [0.25, 0.3) is 0 Å². The van der Waals surface area contributed by atoms with Gasteiger partial charge in [0.2, 0.25) is 0 Å². The van der Waals surface area contributed by atoms with Gasteiger partial charge in [-0.15, -0.1) is 0 Å². The van der Waals surface area contributed by atoms with Crippen molar-refractivity contribution in [2.75, 3.05) is 0 Å². The van der Waals surface area contributed by atoms with Crippen molar-refractivity contribution in [3.63, 3.8) is 0 Å². The third-order valence-electron chi connectivity index (χ3n) is 5.84. The van der Waals surface area contributed by atoms with Crippen molar-refractivity contribution in [3.05, 3.63) is 35.7 Å². The molecule has 0 aromatic carbocycles. The molecule has 0 radical (unpaired) electrons. The van der Waals surface area contributed by atoms with E-state index < -0.39 is 0 Å². The van der Waals surface area contributed by atoms with Crippen molar-refractivity contribution in [3.8, 4) is 0 Å². The van der Waals surface area contributed by atoms with E-state index in [1.165, 1.54) is 127 Å². The topological polar surface area (TPSA) is 15.8 Å². The summed E-state index contributed by atoms with van der Waals surface area (Å²) in [5.41, 5.74) is 2.59. The molecular formula is C28H49N. The molecule has 1 nitrogen and oxygen atoms in total. The van der Waals surface area contributed by atoms with Crippen molar-refractivity contribution in [2.45, 2.75) is 129 Å². The van der Waals surface area contributed by atoms with Crippen molar-refractivity contribution in [1.29, 1.82) is 0 Å². The molecule has 1 aromatic rings. The number of allylic oxidation sites excluding steroid dienone is 2. The van der Waals surface area contributed by atoms with E-state index in [0.717, 1.165) is 0 Å². The van der Waals surface area contributed by atoms with Crippen LogP contribution in [0.5, 0.6) is 0 Å². The first-order valence-corrected chi connectivity index (χ1v) is 12.9. The number of H-pyrrole nitrogens is 1. The van der Waals surface area contributed by atoms with Gasteiger partial charge in [0.05, 0.1) is 0 Å². The quantitative estimate of drug-likeness (QED) is 0.210. The fourth-order valence-electron chi connectivity index (χ4n) is 3.89. The molecule has 0 spiro atoms. The Hall–Kier alpha value is -1.24. The minimum absolute atomic E-state index is 1.20. The number of aromatic nitrogens is 1. The van der Waals surface area contributed by atoms with E-state index in [9.17, 15) is 0 Å². The molecule has 0 aliphatic heterocycles. The number of hydrogen-bond donors (Lipinski definition) is 1. The molecule has 0 bridgehead atoms. The van der Waals surface area contributed by atoms with Crippen LogP contribution in [0.25, 0.3) is 12.2 Å². The van der Waals surface area contributed by atoms with Gasteiger partial charge in [-0.05, 0) is 43.4 Å². The normalized spacial score (nSPS) is 11.9. The van der Waals surface area contributed by atoms with Gasteiger partial charge in [-0.1, -0.05) is 122 Å². The predicted octanol–water partition coefficient (Wildman–Crippen LogP) is 10.1. The van der Waals surface area contributed by atoms with Gasteiger partial charge in [-0.2, -0.15) is 0 Å². The highest BCUT2D eigenvalue weighted by Crippen LogP contribution is 2.15. The minimum Gasteiger partial charge on any atom is -0.361 e. The Balaban J connectivity index is 2.06. The van der Waals surface area contributed by atoms with Crippen LogP contribution in [0.3, 0.4) is 0 Å². The van der Waals surface area contributed by atoms with Crippen molar-refractivity contribution in [1.82, 2.24) is 4.98 Å². The van der Waals surface area contributed by atoms with Gasteiger partial charge in [0, 0.05) is 11.9 Å². The van der Waals surface area contributed by atoms with Crippen LogP contribution >= 0.6 is 0 Å². The summed E-state index contributed by atoms with van der Waals surface area (Å²) in [5.74, 6) is 0. The average molecular weight is 400 g/mol. The van der Waals surface area contributed by atoms with E-state index in [1.54, 1.807) is 0 Å². The van der Waals surface area contributed by atoms with Gasteiger partial charge >= 0.3 is 0 Å². The molecule has 166 valence electrons. The highest BCUT2D eigenvalue weighted by atomic mass is 14.7. The van der Waals surface area contributed by atoms with Crippen LogP contribution in [0.15, 0.2) is 24.4 Å². The van der Waals surface area contributed by atoms with Gasteiger partial charge in [-0.25, -0.2) is 0 Å². The van der Waals surface area contributed by atoms with Gasteiger partial charge < -0.3 is 4.98 Å². The molecular weight excluding hydrogens is 350 g/mol. The van der Waals surface area contributed by atoms with E-state index in [0.29, 0.717) is 0 Å². The zero-order valence-electron chi connectivity index (χ0n) is 19.7. The molecule has 0 aliphatic rings. The van der Waals surface area contributed by atoms with Crippen LogP contribution in [0.2, 0.25) is 0 Å². The molecule has 0 saturated heterocycles. The van der Waals surface area contributed by atoms with E-state index >= 15 is 0 Å². The minimum atomic E-state index is 1.20. The zero-order valence-corrected chi connectivity index (χ0v) is 19.7. The number of aromatic amines is 1. The second-order valence-electron chi connectivity index (χ2n) is 8.68. The molecule has 0 saturated carbocycles. The van der Waals surface area contributed by atoms with Crippen LogP contribution in [0, 0.1) is 0 Å². The summed E-state index contributed by atoms with van der Waals surface area (Å²) in [6.07, 6.45) is 36.1. The summed E-state index contributed by atoms with van der Waals surface area (Å²) in [5, 5.41) is 0. The lowest BCUT2D eigenvalue weighted by Gasteiger charge is -2.00.